The van der Waals surface area contributed by atoms with Crippen molar-refractivity contribution in [2.24, 2.45) is 0 Å². The highest BCUT2D eigenvalue weighted by Gasteiger charge is 2.10. The van der Waals surface area contributed by atoms with Crippen LogP contribution in [0.3, 0.4) is 0 Å². The van der Waals surface area contributed by atoms with Gasteiger partial charge in [0.15, 0.2) is 6.61 Å². The Kier molecular flexibility index (Phi) is 5.22. The molecule has 28 heavy (non-hydrogen) atoms. The molecule has 0 radical (unpaired) electrons. The van der Waals surface area contributed by atoms with Gasteiger partial charge in [-0.05, 0) is 36.4 Å². The number of nitrogens with zero attached hydrogens (tertiary/aromatic N) is 1. The summed E-state index contributed by atoms with van der Waals surface area (Å²) in [6, 6.07) is 26.4. The summed E-state index contributed by atoms with van der Waals surface area (Å²) in [5, 5.41) is 4.27. The Morgan fingerprint density at radius 2 is 1.64 bits per heavy atom. The second-order valence-electron chi connectivity index (χ2n) is 6.23. The molecule has 0 saturated carbocycles. The first-order valence-corrected chi connectivity index (χ1v) is 9.20. The van der Waals surface area contributed by atoms with E-state index in [1.165, 1.54) is 0 Å². The first-order valence-electron chi connectivity index (χ1n) is 8.82. The molecule has 0 aliphatic heterocycles. The minimum atomic E-state index is -0.246. The highest BCUT2D eigenvalue weighted by Crippen LogP contribution is 2.30. The summed E-state index contributed by atoms with van der Waals surface area (Å²) in [5.74, 6) is 0.375. The topological polar surface area (TPSA) is 51.2 Å². The fourth-order valence-electron chi connectivity index (χ4n) is 2.89. The van der Waals surface area contributed by atoms with Crippen LogP contribution in [0.4, 0.5) is 5.69 Å². The molecule has 3 aromatic carbocycles. The number of aromatic nitrogens is 1. The third kappa shape index (κ3) is 4.13. The first kappa shape index (κ1) is 18.0. The lowest BCUT2D eigenvalue weighted by Gasteiger charge is -2.12. The quantitative estimate of drug-likeness (QED) is 0.486. The molecule has 1 N–H and O–H groups in total. The van der Waals surface area contributed by atoms with Gasteiger partial charge in [-0.25, -0.2) is 4.98 Å². The van der Waals surface area contributed by atoms with Crippen molar-refractivity contribution < 1.29 is 9.53 Å². The fourth-order valence-corrected chi connectivity index (χ4v) is 3.02. The van der Waals surface area contributed by atoms with Crippen LogP contribution in [0.5, 0.6) is 5.75 Å². The van der Waals surface area contributed by atoms with Crippen molar-refractivity contribution in [1.29, 1.82) is 0 Å². The number of nitrogens with one attached hydrogen (secondary N) is 1. The van der Waals surface area contributed by atoms with E-state index in [0.29, 0.717) is 16.5 Å². The van der Waals surface area contributed by atoms with Gasteiger partial charge >= 0.3 is 0 Å². The van der Waals surface area contributed by atoms with Gasteiger partial charge in [0.1, 0.15) is 5.75 Å². The number of pyridine rings is 1. The summed E-state index contributed by atoms with van der Waals surface area (Å²) in [5.41, 5.74) is 3.27. The SMILES string of the molecule is O=C(COc1cc(-c2ccccc2)nc2ccccc12)Nc1ccc(Cl)cc1. The monoisotopic (exact) mass is 388 g/mol. The van der Waals surface area contributed by atoms with Crippen molar-refractivity contribution >= 4 is 34.1 Å². The summed E-state index contributed by atoms with van der Waals surface area (Å²) in [7, 11) is 0. The van der Waals surface area contributed by atoms with Crippen LogP contribution in [-0.4, -0.2) is 17.5 Å². The molecule has 4 aromatic rings. The van der Waals surface area contributed by atoms with Crippen molar-refractivity contribution in [2.75, 3.05) is 11.9 Å². The van der Waals surface area contributed by atoms with Crippen LogP contribution in [0.1, 0.15) is 0 Å². The van der Waals surface area contributed by atoms with E-state index in [-0.39, 0.29) is 12.5 Å². The number of rotatable bonds is 5. The van der Waals surface area contributed by atoms with E-state index in [9.17, 15) is 4.79 Å². The summed E-state index contributed by atoms with van der Waals surface area (Å²) < 4.78 is 5.86. The highest BCUT2D eigenvalue weighted by molar-refractivity contribution is 6.30. The number of halogens is 1. The van der Waals surface area contributed by atoms with E-state index >= 15 is 0 Å². The maximum Gasteiger partial charge on any atom is 0.262 e. The molecule has 4 rings (SSSR count). The molecule has 138 valence electrons. The van der Waals surface area contributed by atoms with Crippen LogP contribution in [0, 0.1) is 0 Å². The molecule has 0 bridgehead atoms. The largest absolute Gasteiger partial charge is 0.483 e. The average molecular weight is 389 g/mol. The lowest BCUT2D eigenvalue weighted by atomic mass is 10.1. The van der Waals surface area contributed by atoms with E-state index in [0.717, 1.165) is 22.2 Å². The standard InChI is InChI=1S/C23H17ClN2O2/c24-17-10-12-18(13-11-17)25-23(27)15-28-22-14-21(16-6-2-1-3-7-16)26-20-9-5-4-8-19(20)22/h1-14H,15H2,(H,25,27). The number of benzene rings is 3. The second kappa shape index (κ2) is 8.11. The van der Waals surface area contributed by atoms with Crippen molar-refractivity contribution in [3.05, 3.63) is 90.0 Å². The maximum absolute atomic E-state index is 12.3. The molecule has 1 heterocycles. The molecule has 4 nitrogen and oxygen atoms in total. The van der Waals surface area contributed by atoms with Gasteiger partial charge in [0, 0.05) is 27.7 Å². The number of hydrogen-bond acceptors (Lipinski definition) is 3. The van der Waals surface area contributed by atoms with Crippen molar-refractivity contribution in [3.8, 4) is 17.0 Å². The minimum absolute atomic E-state index is 0.106. The van der Waals surface area contributed by atoms with Crippen molar-refractivity contribution in [3.63, 3.8) is 0 Å². The third-order valence-corrected chi connectivity index (χ3v) is 4.49. The Bertz CT molecular complexity index is 1110. The van der Waals surface area contributed by atoms with Gasteiger partial charge in [0.25, 0.3) is 5.91 Å². The van der Waals surface area contributed by atoms with Crippen LogP contribution in [0.25, 0.3) is 22.2 Å². The molecule has 0 aliphatic carbocycles. The zero-order chi connectivity index (χ0) is 19.3. The number of anilines is 1. The Balaban J connectivity index is 1.57. The van der Waals surface area contributed by atoms with Crippen LogP contribution in [0.15, 0.2) is 84.9 Å². The van der Waals surface area contributed by atoms with Crippen LogP contribution in [0.2, 0.25) is 5.02 Å². The average Bonchev–Trinajstić information content (AvgIpc) is 2.74. The predicted octanol–water partition coefficient (Wildman–Crippen LogP) is 5.57. The van der Waals surface area contributed by atoms with E-state index < -0.39 is 0 Å². The minimum Gasteiger partial charge on any atom is -0.483 e. The van der Waals surface area contributed by atoms with Gasteiger partial charge in [0.05, 0.1) is 11.2 Å². The van der Waals surface area contributed by atoms with Gasteiger partial charge in [0.2, 0.25) is 0 Å². The van der Waals surface area contributed by atoms with Crippen molar-refractivity contribution in [2.45, 2.75) is 0 Å². The number of amides is 1. The molecule has 1 aromatic heterocycles. The summed E-state index contributed by atoms with van der Waals surface area (Å²) >= 11 is 5.87. The zero-order valence-corrected chi connectivity index (χ0v) is 15.7. The molecule has 0 aliphatic rings. The molecular weight excluding hydrogens is 372 g/mol. The van der Waals surface area contributed by atoms with Crippen molar-refractivity contribution in [1.82, 2.24) is 4.98 Å². The van der Waals surface area contributed by atoms with Crippen LogP contribution >= 0.6 is 11.6 Å². The summed E-state index contributed by atoms with van der Waals surface area (Å²) in [6.07, 6.45) is 0. The van der Waals surface area contributed by atoms with E-state index in [4.69, 9.17) is 21.3 Å². The summed E-state index contributed by atoms with van der Waals surface area (Å²) in [6.45, 7) is -0.106. The molecule has 1 amide bonds. The van der Waals surface area contributed by atoms with E-state index in [1.807, 2.05) is 60.7 Å². The predicted molar refractivity (Wildman–Crippen MR) is 113 cm³/mol. The van der Waals surface area contributed by atoms with Gasteiger partial charge < -0.3 is 10.1 Å². The Morgan fingerprint density at radius 1 is 0.929 bits per heavy atom. The Labute approximate surface area is 167 Å². The second-order valence-corrected chi connectivity index (χ2v) is 6.67. The maximum atomic E-state index is 12.3. The van der Waals surface area contributed by atoms with E-state index in [1.54, 1.807) is 24.3 Å². The molecule has 0 saturated heterocycles. The molecule has 5 heteroatoms. The first-order chi connectivity index (χ1) is 13.7. The molecule has 0 atom stereocenters. The number of hydrogen-bond donors (Lipinski definition) is 1. The zero-order valence-electron chi connectivity index (χ0n) is 14.9. The molecular formula is C23H17ClN2O2. The number of fused-ring (bicyclic) bond motifs is 1. The number of ether oxygens (including phenoxy) is 1. The third-order valence-electron chi connectivity index (χ3n) is 4.23. The number of para-hydroxylation sites is 1. The number of carbonyl (C=O) groups excluding carboxylic acids is 1. The Morgan fingerprint density at radius 3 is 2.43 bits per heavy atom. The van der Waals surface area contributed by atoms with E-state index in [2.05, 4.69) is 5.32 Å². The lowest BCUT2D eigenvalue weighted by Crippen LogP contribution is -2.20. The molecule has 0 spiro atoms. The highest BCUT2D eigenvalue weighted by atomic mass is 35.5. The normalized spacial score (nSPS) is 10.6. The smallest absolute Gasteiger partial charge is 0.262 e. The van der Waals surface area contributed by atoms with Crippen LogP contribution < -0.4 is 10.1 Å². The van der Waals surface area contributed by atoms with Gasteiger partial charge in [-0.2, -0.15) is 0 Å². The Hall–Kier alpha value is -3.37. The van der Waals surface area contributed by atoms with Gasteiger partial charge in [-0.15, -0.1) is 0 Å². The lowest BCUT2D eigenvalue weighted by molar-refractivity contribution is -0.118. The number of carbonyl (C=O) groups is 1. The van der Waals surface area contributed by atoms with Crippen LogP contribution in [-0.2, 0) is 4.79 Å². The fraction of sp³-hybridized carbons (Fsp3) is 0.0435. The molecule has 0 unspecified atom stereocenters. The molecule has 0 fully saturated rings. The summed E-state index contributed by atoms with van der Waals surface area (Å²) in [4.78, 5) is 17.0. The van der Waals surface area contributed by atoms with Gasteiger partial charge in [-0.3, -0.25) is 4.79 Å². The van der Waals surface area contributed by atoms with Gasteiger partial charge in [-0.1, -0.05) is 54.1 Å².